The molecule has 2 heterocycles. The van der Waals surface area contributed by atoms with Crippen molar-refractivity contribution in [3.05, 3.63) is 42.2 Å². The molecule has 3 aromatic rings. The van der Waals surface area contributed by atoms with E-state index < -0.39 is 30.2 Å². The van der Waals surface area contributed by atoms with E-state index >= 15 is 0 Å². The molecular weight excluding hydrogens is 342 g/mol. The van der Waals surface area contributed by atoms with E-state index in [-0.39, 0.29) is 16.9 Å². The van der Waals surface area contributed by atoms with Crippen molar-refractivity contribution in [1.82, 2.24) is 19.6 Å². The molecular formula is C13H6F6N4O. The molecule has 11 heteroatoms. The molecule has 0 radical (unpaired) electrons. The van der Waals surface area contributed by atoms with E-state index in [4.69, 9.17) is 0 Å². The standard InChI is InChI=1S/C13H6F6N4O/c14-8-3-6(24-13(17,18)19)1-2-7(8)9-5-23-10(4-20-9)21-22-12(23)11(15)16/h1-5,11H. The molecule has 0 atom stereocenters. The van der Waals surface area contributed by atoms with E-state index in [9.17, 15) is 26.3 Å². The summed E-state index contributed by atoms with van der Waals surface area (Å²) in [6, 6.07) is 2.41. The Morgan fingerprint density at radius 1 is 1.12 bits per heavy atom. The van der Waals surface area contributed by atoms with Gasteiger partial charge in [0.2, 0.25) is 5.82 Å². The number of ether oxygens (including phenoxy) is 1. The van der Waals surface area contributed by atoms with Crippen LogP contribution in [0.5, 0.6) is 5.75 Å². The van der Waals surface area contributed by atoms with Crippen molar-refractivity contribution in [2.24, 2.45) is 0 Å². The number of alkyl halides is 5. The summed E-state index contributed by atoms with van der Waals surface area (Å²) in [7, 11) is 0. The predicted molar refractivity (Wildman–Crippen MR) is 67.8 cm³/mol. The number of halogens is 6. The molecule has 0 bridgehead atoms. The van der Waals surface area contributed by atoms with Crippen molar-refractivity contribution in [2.75, 3.05) is 0 Å². The molecule has 126 valence electrons. The van der Waals surface area contributed by atoms with Gasteiger partial charge in [-0.25, -0.2) is 13.2 Å². The number of hydrogen-bond donors (Lipinski definition) is 0. The van der Waals surface area contributed by atoms with Crippen LogP contribution in [-0.2, 0) is 0 Å². The maximum atomic E-state index is 14.0. The lowest BCUT2D eigenvalue weighted by atomic mass is 10.1. The third-order valence-electron chi connectivity index (χ3n) is 2.96. The van der Waals surface area contributed by atoms with E-state index in [0.717, 1.165) is 28.9 Å². The van der Waals surface area contributed by atoms with E-state index in [2.05, 4.69) is 19.9 Å². The zero-order valence-corrected chi connectivity index (χ0v) is 11.4. The molecule has 0 saturated heterocycles. The van der Waals surface area contributed by atoms with Gasteiger partial charge in [0.25, 0.3) is 6.43 Å². The summed E-state index contributed by atoms with van der Waals surface area (Å²) in [5, 5.41) is 6.77. The highest BCUT2D eigenvalue weighted by atomic mass is 19.4. The van der Waals surface area contributed by atoms with Gasteiger partial charge in [0.05, 0.1) is 11.9 Å². The van der Waals surface area contributed by atoms with Crippen LogP contribution in [0.25, 0.3) is 16.9 Å². The third-order valence-corrected chi connectivity index (χ3v) is 2.96. The predicted octanol–water partition coefficient (Wildman–Crippen LogP) is 3.77. The number of nitrogens with zero attached hydrogens (tertiary/aromatic N) is 4. The van der Waals surface area contributed by atoms with Crippen molar-refractivity contribution >= 4 is 5.65 Å². The zero-order valence-electron chi connectivity index (χ0n) is 11.4. The van der Waals surface area contributed by atoms with E-state index in [1.807, 2.05) is 0 Å². The summed E-state index contributed by atoms with van der Waals surface area (Å²) >= 11 is 0. The topological polar surface area (TPSA) is 52.3 Å². The SMILES string of the molecule is Fc1cc(OC(F)(F)F)ccc1-c1cn2c(C(F)F)nnc2cn1. The minimum absolute atomic E-state index is 0.0199. The van der Waals surface area contributed by atoms with Gasteiger partial charge in [0.15, 0.2) is 5.65 Å². The molecule has 0 aliphatic heterocycles. The molecule has 0 fully saturated rings. The monoisotopic (exact) mass is 348 g/mol. The highest BCUT2D eigenvalue weighted by Gasteiger charge is 2.31. The number of hydrogen-bond acceptors (Lipinski definition) is 4. The first kappa shape index (κ1) is 16.0. The molecule has 0 amide bonds. The number of benzene rings is 1. The molecule has 24 heavy (non-hydrogen) atoms. The van der Waals surface area contributed by atoms with Crippen molar-refractivity contribution in [1.29, 1.82) is 0 Å². The second-order valence-electron chi connectivity index (χ2n) is 4.55. The summed E-state index contributed by atoms with van der Waals surface area (Å²) in [4.78, 5) is 3.84. The first-order chi connectivity index (χ1) is 11.2. The minimum atomic E-state index is -4.96. The van der Waals surface area contributed by atoms with Crippen LogP contribution in [0.3, 0.4) is 0 Å². The molecule has 0 aliphatic carbocycles. The molecule has 0 spiro atoms. The molecule has 0 N–H and O–H groups in total. The smallest absolute Gasteiger partial charge is 0.406 e. The first-order valence-electron chi connectivity index (χ1n) is 6.29. The average Bonchev–Trinajstić information content (AvgIpc) is 2.88. The van der Waals surface area contributed by atoms with Crippen LogP contribution < -0.4 is 4.74 Å². The lowest BCUT2D eigenvalue weighted by molar-refractivity contribution is -0.274. The summed E-state index contributed by atoms with van der Waals surface area (Å²) in [5.74, 6) is -2.47. The normalized spacial score (nSPS) is 12.1. The molecule has 2 aromatic heterocycles. The molecule has 0 unspecified atom stereocenters. The third kappa shape index (κ3) is 3.09. The fourth-order valence-electron chi connectivity index (χ4n) is 2.01. The Morgan fingerprint density at radius 2 is 1.88 bits per heavy atom. The molecule has 5 nitrogen and oxygen atoms in total. The fraction of sp³-hybridized carbons (Fsp3) is 0.154. The Balaban J connectivity index is 2.02. The Bertz CT molecular complexity index is 892. The summed E-state index contributed by atoms with van der Waals surface area (Å²) in [6.45, 7) is 0. The lowest BCUT2D eigenvalue weighted by Crippen LogP contribution is -2.17. The summed E-state index contributed by atoms with van der Waals surface area (Å²) in [5.41, 5.74) is -0.257. The quantitative estimate of drug-likeness (QED) is 0.676. The minimum Gasteiger partial charge on any atom is -0.406 e. The second-order valence-corrected chi connectivity index (χ2v) is 4.55. The van der Waals surface area contributed by atoms with Crippen molar-refractivity contribution in [3.63, 3.8) is 0 Å². The lowest BCUT2D eigenvalue weighted by Gasteiger charge is -2.10. The van der Waals surface area contributed by atoms with Gasteiger partial charge in [-0.2, -0.15) is 0 Å². The Labute approximate surface area is 129 Å². The summed E-state index contributed by atoms with van der Waals surface area (Å²) in [6.07, 6.45) is -5.71. The van der Waals surface area contributed by atoms with Gasteiger partial charge in [-0.05, 0) is 12.1 Å². The molecule has 1 aromatic carbocycles. The molecule has 0 saturated carbocycles. The van der Waals surface area contributed by atoms with E-state index in [0.29, 0.717) is 6.07 Å². The highest BCUT2D eigenvalue weighted by Crippen LogP contribution is 2.29. The molecule has 3 rings (SSSR count). The van der Waals surface area contributed by atoms with Gasteiger partial charge in [0.1, 0.15) is 11.6 Å². The average molecular weight is 348 g/mol. The summed E-state index contributed by atoms with van der Waals surface area (Å²) < 4.78 is 80.5. The van der Waals surface area contributed by atoms with Crippen LogP contribution in [0.2, 0.25) is 0 Å². The largest absolute Gasteiger partial charge is 0.573 e. The van der Waals surface area contributed by atoms with Crippen molar-refractivity contribution in [2.45, 2.75) is 12.8 Å². The van der Waals surface area contributed by atoms with Gasteiger partial charge in [-0.15, -0.1) is 23.4 Å². The van der Waals surface area contributed by atoms with Crippen molar-refractivity contribution < 1.29 is 31.1 Å². The maximum absolute atomic E-state index is 14.0. The Hall–Kier alpha value is -2.85. The second kappa shape index (κ2) is 5.65. The van der Waals surface area contributed by atoms with Crippen LogP contribution >= 0.6 is 0 Å². The number of fused-ring (bicyclic) bond motifs is 1. The zero-order chi connectivity index (χ0) is 17.5. The number of aromatic nitrogens is 4. The Morgan fingerprint density at radius 3 is 2.50 bits per heavy atom. The van der Waals surface area contributed by atoms with Crippen LogP contribution in [0.4, 0.5) is 26.3 Å². The fourth-order valence-corrected chi connectivity index (χ4v) is 2.01. The van der Waals surface area contributed by atoms with Crippen LogP contribution in [0.1, 0.15) is 12.2 Å². The van der Waals surface area contributed by atoms with Gasteiger partial charge in [-0.1, -0.05) is 0 Å². The van der Waals surface area contributed by atoms with Gasteiger partial charge < -0.3 is 4.74 Å². The Kier molecular flexibility index (Phi) is 3.78. The van der Waals surface area contributed by atoms with Crippen molar-refractivity contribution in [3.8, 4) is 17.0 Å². The number of rotatable bonds is 3. The van der Waals surface area contributed by atoms with E-state index in [1.54, 1.807) is 0 Å². The van der Waals surface area contributed by atoms with Crippen LogP contribution in [-0.4, -0.2) is 25.9 Å². The van der Waals surface area contributed by atoms with Crippen LogP contribution in [0.15, 0.2) is 30.6 Å². The maximum Gasteiger partial charge on any atom is 0.573 e. The van der Waals surface area contributed by atoms with Gasteiger partial charge in [-0.3, -0.25) is 9.38 Å². The van der Waals surface area contributed by atoms with Gasteiger partial charge >= 0.3 is 6.36 Å². The highest BCUT2D eigenvalue weighted by molar-refractivity contribution is 5.61. The van der Waals surface area contributed by atoms with E-state index in [1.165, 1.54) is 0 Å². The van der Waals surface area contributed by atoms with Crippen LogP contribution in [0, 0.1) is 5.82 Å². The molecule has 0 aliphatic rings. The van der Waals surface area contributed by atoms with Gasteiger partial charge in [0, 0.05) is 17.8 Å². The first-order valence-corrected chi connectivity index (χ1v) is 6.29.